The average molecular weight is 492 g/mol. The van der Waals surface area contributed by atoms with Crippen LogP contribution in [0, 0.1) is 0 Å². The van der Waals surface area contributed by atoms with E-state index in [0.29, 0.717) is 24.1 Å². The fourth-order valence-electron chi connectivity index (χ4n) is 3.94. The maximum absolute atomic E-state index is 12.8. The molecule has 3 heterocycles. The number of morpholine rings is 1. The van der Waals surface area contributed by atoms with E-state index in [1.807, 2.05) is 0 Å². The number of nitrogens with zero attached hydrogens (tertiary/aromatic N) is 2. The zero-order valence-electron chi connectivity index (χ0n) is 17.8. The third-order valence-electron chi connectivity index (χ3n) is 5.61. The van der Waals surface area contributed by atoms with Crippen LogP contribution in [0.2, 0.25) is 0 Å². The highest BCUT2D eigenvalue weighted by Crippen LogP contribution is 2.30. The highest BCUT2D eigenvalue weighted by molar-refractivity contribution is 7.89. The Labute approximate surface area is 187 Å². The Morgan fingerprint density at radius 1 is 1.15 bits per heavy atom. The Morgan fingerprint density at radius 3 is 2.21 bits per heavy atom. The van der Waals surface area contributed by atoms with E-state index in [4.69, 9.17) is 19.4 Å². The van der Waals surface area contributed by atoms with E-state index in [9.17, 15) is 26.4 Å². The number of hydrogen-bond acceptors (Lipinski definition) is 7. The van der Waals surface area contributed by atoms with Gasteiger partial charge in [0.2, 0.25) is 10.0 Å². The minimum absolute atomic E-state index is 0.182. The molecule has 1 aromatic carbocycles. The van der Waals surface area contributed by atoms with Gasteiger partial charge in [0.1, 0.15) is 6.10 Å². The average Bonchev–Trinajstić information content (AvgIpc) is 3.09. The van der Waals surface area contributed by atoms with E-state index >= 15 is 0 Å². The predicted octanol–water partition coefficient (Wildman–Crippen LogP) is 2.10. The van der Waals surface area contributed by atoms with E-state index in [1.165, 1.54) is 6.20 Å². The minimum Gasteiger partial charge on any atom is -0.475 e. The number of fused-ring (bicyclic) bond motifs is 3. The van der Waals surface area contributed by atoms with Crippen molar-refractivity contribution in [2.75, 3.05) is 26.5 Å². The number of hydrogen-bond donors (Lipinski definition) is 1. The van der Waals surface area contributed by atoms with Gasteiger partial charge in [0.15, 0.2) is 0 Å². The number of aromatic nitrogens is 1. The van der Waals surface area contributed by atoms with Crippen molar-refractivity contribution < 1.29 is 45.8 Å². The molecule has 2 aromatic rings. The van der Waals surface area contributed by atoms with Crippen molar-refractivity contribution in [1.82, 2.24) is 8.87 Å². The lowest BCUT2D eigenvalue weighted by Gasteiger charge is -2.46. The van der Waals surface area contributed by atoms with Gasteiger partial charge in [-0.1, -0.05) is 18.2 Å². The lowest BCUT2D eigenvalue weighted by molar-refractivity contribution is -0.192. The number of halogens is 3. The lowest BCUT2D eigenvalue weighted by atomic mass is 9.92. The summed E-state index contributed by atoms with van der Waals surface area (Å²) in [6.45, 7) is 1.29. The van der Waals surface area contributed by atoms with Gasteiger partial charge in [-0.25, -0.2) is 22.0 Å². The topological polar surface area (TPSA) is 115 Å². The SMILES string of the molecule is CN1C2COCC1CC(OC(=O)c1cn(S(C)(=O)=O)c3ccccc13)C2.O=C(O)C(F)(F)F. The molecular weight excluding hydrogens is 469 g/mol. The van der Waals surface area contributed by atoms with E-state index < -0.39 is 28.1 Å². The Balaban J connectivity index is 0.000000383. The van der Waals surface area contributed by atoms with Crippen LogP contribution in [0.1, 0.15) is 23.2 Å². The first-order chi connectivity index (χ1) is 15.3. The minimum atomic E-state index is -5.08. The molecule has 2 atom stereocenters. The second-order valence-corrected chi connectivity index (χ2v) is 9.79. The van der Waals surface area contributed by atoms with Crippen molar-refractivity contribution in [3.8, 4) is 0 Å². The highest BCUT2D eigenvalue weighted by atomic mass is 32.2. The Morgan fingerprint density at radius 2 is 1.70 bits per heavy atom. The molecule has 0 spiro atoms. The molecule has 2 saturated heterocycles. The van der Waals surface area contributed by atoms with E-state index in [-0.39, 0.29) is 23.8 Å². The van der Waals surface area contributed by atoms with E-state index in [1.54, 1.807) is 24.3 Å². The number of rotatable bonds is 3. The molecule has 182 valence electrons. The fraction of sp³-hybridized carbons (Fsp3) is 0.500. The van der Waals surface area contributed by atoms with Gasteiger partial charge in [0, 0.05) is 36.5 Å². The second-order valence-electron chi connectivity index (χ2n) is 7.93. The number of alkyl halides is 3. The molecule has 0 amide bonds. The van der Waals surface area contributed by atoms with Crippen LogP contribution in [-0.4, -0.2) is 85.2 Å². The Hall–Kier alpha value is -2.64. The van der Waals surface area contributed by atoms with Crippen molar-refractivity contribution in [2.45, 2.75) is 37.2 Å². The van der Waals surface area contributed by atoms with E-state index in [2.05, 4.69) is 11.9 Å². The van der Waals surface area contributed by atoms with Crippen LogP contribution in [0.4, 0.5) is 13.2 Å². The Bertz CT molecular complexity index is 1130. The largest absolute Gasteiger partial charge is 0.490 e. The molecule has 2 bridgehead atoms. The number of benzene rings is 1. The Kier molecular flexibility index (Phi) is 7.05. The zero-order valence-corrected chi connectivity index (χ0v) is 18.6. The number of carboxylic acid groups (broad SMARTS) is 1. The highest BCUT2D eigenvalue weighted by Gasteiger charge is 2.39. The molecule has 2 aliphatic rings. The first kappa shape index (κ1) is 25.0. The number of carbonyl (C=O) groups excluding carboxylic acids is 1. The third kappa shape index (κ3) is 5.65. The lowest BCUT2D eigenvalue weighted by Crippen LogP contribution is -2.56. The standard InChI is InChI=1S/C18H22N2O5S.C2HF3O2/c1-19-12-7-14(8-13(19)11-24-10-12)25-18(21)16-9-20(26(2,22)23)17-6-4-3-5-15(16)17;3-2(4,5)1(6)7/h3-6,9,12-14H,7-8,10-11H2,1-2H3;(H,6,7). The summed E-state index contributed by atoms with van der Waals surface area (Å²) in [4.78, 5) is 24.0. The second kappa shape index (κ2) is 9.31. The molecule has 0 aliphatic carbocycles. The van der Waals surface area contributed by atoms with Gasteiger partial charge < -0.3 is 14.6 Å². The van der Waals surface area contributed by atoms with Gasteiger partial charge in [-0.3, -0.25) is 4.90 Å². The van der Waals surface area contributed by atoms with Crippen molar-refractivity contribution in [3.63, 3.8) is 0 Å². The number of aliphatic carboxylic acids is 1. The monoisotopic (exact) mass is 492 g/mol. The summed E-state index contributed by atoms with van der Waals surface area (Å²) < 4.78 is 68.3. The first-order valence-electron chi connectivity index (χ1n) is 9.90. The van der Waals surface area contributed by atoms with Crippen LogP contribution < -0.4 is 0 Å². The molecule has 2 fully saturated rings. The summed E-state index contributed by atoms with van der Waals surface area (Å²) in [7, 11) is -1.43. The smallest absolute Gasteiger partial charge is 0.475 e. The molecule has 1 N–H and O–H groups in total. The number of carbonyl (C=O) groups is 2. The molecule has 2 aliphatic heterocycles. The number of likely N-dealkylation sites (N-methyl/N-ethyl adjacent to an activating group) is 1. The first-order valence-corrected chi connectivity index (χ1v) is 11.7. The molecular formula is C20H23F3N2O7S. The maximum Gasteiger partial charge on any atom is 0.490 e. The van der Waals surface area contributed by atoms with Gasteiger partial charge in [-0.2, -0.15) is 13.2 Å². The number of piperidine rings is 1. The van der Waals surface area contributed by atoms with Crippen molar-refractivity contribution >= 4 is 32.9 Å². The van der Waals surface area contributed by atoms with Crippen LogP contribution in [0.5, 0.6) is 0 Å². The summed E-state index contributed by atoms with van der Waals surface area (Å²) in [5.41, 5.74) is 0.766. The summed E-state index contributed by atoms with van der Waals surface area (Å²) in [5.74, 6) is -3.23. The zero-order chi connectivity index (χ0) is 24.6. The molecule has 0 saturated carbocycles. The van der Waals surface area contributed by atoms with Gasteiger partial charge in [-0.05, 0) is 13.1 Å². The van der Waals surface area contributed by atoms with Crippen LogP contribution in [0.25, 0.3) is 10.9 Å². The van der Waals surface area contributed by atoms with Gasteiger partial charge in [0.25, 0.3) is 0 Å². The van der Waals surface area contributed by atoms with Crippen molar-refractivity contribution in [1.29, 1.82) is 0 Å². The molecule has 4 rings (SSSR count). The number of para-hydroxylation sites is 1. The van der Waals surface area contributed by atoms with Crippen molar-refractivity contribution in [2.24, 2.45) is 0 Å². The molecule has 33 heavy (non-hydrogen) atoms. The molecule has 1 aromatic heterocycles. The molecule has 13 heteroatoms. The summed E-state index contributed by atoms with van der Waals surface area (Å²) in [6, 6.07) is 7.45. The number of esters is 1. The summed E-state index contributed by atoms with van der Waals surface area (Å²) in [5, 5.41) is 7.71. The van der Waals surface area contributed by atoms with Crippen LogP contribution in [0.15, 0.2) is 30.5 Å². The van der Waals surface area contributed by atoms with Gasteiger partial charge in [0.05, 0.1) is 30.5 Å². The molecule has 0 radical (unpaired) electrons. The quantitative estimate of drug-likeness (QED) is 0.648. The van der Waals surface area contributed by atoms with Crippen molar-refractivity contribution in [3.05, 3.63) is 36.0 Å². The third-order valence-corrected chi connectivity index (χ3v) is 6.63. The molecule has 2 unspecified atom stereocenters. The maximum atomic E-state index is 12.8. The van der Waals surface area contributed by atoms with E-state index in [0.717, 1.165) is 23.1 Å². The molecule has 9 nitrogen and oxygen atoms in total. The fourth-order valence-corrected chi connectivity index (χ4v) is 4.76. The summed E-state index contributed by atoms with van der Waals surface area (Å²) in [6.07, 6.45) is -1.33. The van der Waals surface area contributed by atoms with Crippen LogP contribution in [0.3, 0.4) is 0 Å². The normalized spacial score (nSPS) is 23.5. The summed E-state index contributed by atoms with van der Waals surface area (Å²) >= 11 is 0. The van der Waals surface area contributed by atoms with Gasteiger partial charge in [-0.15, -0.1) is 0 Å². The predicted molar refractivity (Wildman–Crippen MR) is 110 cm³/mol. The van der Waals surface area contributed by atoms with Gasteiger partial charge >= 0.3 is 18.1 Å². The number of ether oxygens (including phenoxy) is 2. The number of carboxylic acids is 1. The van der Waals surface area contributed by atoms with Crippen LogP contribution in [-0.2, 0) is 24.3 Å². The van der Waals surface area contributed by atoms with Crippen LogP contribution >= 0.6 is 0 Å².